The lowest BCUT2D eigenvalue weighted by atomic mass is 9.78. The molecule has 1 fully saturated rings. The SMILES string of the molecule is COc1cc(NC(=O)C2(N3Cc4c(C)cc(OCCN(C)C)cc4NC3=O)CCCCC2)ccc1C. The topological polar surface area (TPSA) is 83.1 Å². The average molecular weight is 495 g/mol. The smallest absolute Gasteiger partial charge is 0.323 e. The number of aryl methyl sites for hydroxylation is 2. The number of hydrogen-bond donors (Lipinski definition) is 2. The first-order valence-corrected chi connectivity index (χ1v) is 12.7. The number of urea groups is 1. The molecule has 36 heavy (non-hydrogen) atoms. The van der Waals surface area contributed by atoms with E-state index in [1.165, 1.54) is 0 Å². The third-order valence-electron chi connectivity index (χ3n) is 7.34. The standard InChI is InChI=1S/C28H38N4O4/c1-19-9-10-21(16-25(19)35-5)29-26(33)28(11-7-6-8-12-28)32-18-23-20(2)15-22(36-14-13-31(3)4)17-24(23)30-27(32)34/h9-10,15-17H,6-8,11-14,18H2,1-5H3,(H,29,33)(H,30,34). The molecule has 0 spiro atoms. The van der Waals surface area contributed by atoms with Crippen LogP contribution >= 0.6 is 0 Å². The van der Waals surface area contributed by atoms with Crippen LogP contribution in [-0.2, 0) is 11.3 Å². The van der Waals surface area contributed by atoms with Gasteiger partial charge in [0.2, 0.25) is 5.91 Å². The molecule has 4 rings (SSSR count). The Balaban J connectivity index is 1.59. The fourth-order valence-corrected chi connectivity index (χ4v) is 5.19. The quantitative estimate of drug-likeness (QED) is 0.543. The summed E-state index contributed by atoms with van der Waals surface area (Å²) in [4.78, 5) is 31.1. The molecule has 0 bridgehead atoms. The van der Waals surface area contributed by atoms with Crippen LogP contribution in [0.2, 0.25) is 0 Å². The van der Waals surface area contributed by atoms with Crippen molar-refractivity contribution in [2.24, 2.45) is 0 Å². The summed E-state index contributed by atoms with van der Waals surface area (Å²) in [6.07, 6.45) is 4.13. The zero-order chi connectivity index (χ0) is 25.9. The maximum Gasteiger partial charge on any atom is 0.323 e. The van der Waals surface area contributed by atoms with Crippen LogP contribution in [0.25, 0.3) is 0 Å². The third kappa shape index (κ3) is 5.28. The van der Waals surface area contributed by atoms with Gasteiger partial charge in [0.05, 0.1) is 19.3 Å². The van der Waals surface area contributed by atoms with E-state index in [0.717, 1.165) is 59.7 Å². The minimum absolute atomic E-state index is 0.145. The van der Waals surface area contributed by atoms with Crippen molar-refractivity contribution in [3.8, 4) is 11.5 Å². The molecule has 2 aliphatic rings. The van der Waals surface area contributed by atoms with Crippen molar-refractivity contribution in [2.75, 3.05) is 45.0 Å². The van der Waals surface area contributed by atoms with Gasteiger partial charge in [-0.1, -0.05) is 25.3 Å². The van der Waals surface area contributed by atoms with E-state index in [1.54, 1.807) is 12.0 Å². The average Bonchev–Trinajstić information content (AvgIpc) is 2.85. The summed E-state index contributed by atoms with van der Waals surface area (Å²) in [6, 6.07) is 9.28. The lowest BCUT2D eigenvalue weighted by Crippen LogP contribution is -2.61. The maximum absolute atomic E-state index is 13.8. The highest BCUT2D eigenvalue weighted by molar-refractivity contribution is 6.03. The fourth-order valence-electron chi connectivity index (χ4n) is 5.19. The van der Waals surface area contributed by atoms with E-state index in [-0.39, 0.29) is 11.9 Å². The van der Waals surface area contributed by atoms with E-state index in [4.69, 9.17) is 9.47 Å². The van der Waals surface area contributed by atoms with Gasteiger partial charge in [0.15, 0.2) is 0 Å². The van der Waals surface area contributed by atoms with Gasteiger partial charge < -0.3 is 29.9 Å². The van der Waals surface area contributed by atoms with Crippen LogP contribution in [0.3, 0.4) is 0 Å². The van der Waals surface area contributed by atoms with Gasteiger partial charge in [0.25, 0.3) is 0 Å². The fraction of sp³-hybridized carbons (Fsp3) is 0.500. The van der Waals surface area contributed by atoms with Gasteiger partial charge in [-0.3, -0.25) is 4.79 Å². The molecule has 2 aromatic carbocycles. The number of benzene rings is 2. The first kappa shape index (κ1) is 25.8. The third-order valence-corrected chi connectivity index (χ3v) is 7.34. The number of ether oxygens (including phenoxy) is 2. The summed E-state index contributed by atoms with van der Waals surface area (Å²) in [6.45, 7) is 5.75. The van der Waals surface area contributed by atoms with Crippen molar-refractivity contribution < 1.29 is 19.1 Å². The molecule has 194 valence electrons. The molecule has 0 atom stereocenters. The van der Waals surface area contributed by atoms with Gasteiger partial charge in [-0.2, -0.15) is 0 Å². The minimum Gasteiger partial charge on any atom is -0.496 e. The molecule has 0 saturated heterocycles. The van der Waals surface area contributed by atoms with Crippen LogP contribution in [0.1, 0.15) is 48.8 Å². The number of rotatable bonds is 8. The Bertz CT molecular complexity index is 1120. The summed E-state index contributed by atoms with van der Waals surface area (Å²) in [5.74, 6) is 1.31. The maximum atomic E-state index is 13.8. The number of nitrogens with one attached hydrogen (secondary N) is 2. The van der Waals surface area contributed by atoms with E-state index in [0.29, 0.717) is 31.7 Å². The van der Waals surface area contributed by atoms with Crippen molar-refractivity contribution in [3.05, 3.63) is 47.0 Å². The van der Waals surface area contributed by atoms with Crippen LogP contribution in [0.5, 0.6) is 11.5 Å². The molecule has 1 saturated carbocycles. The predicted molar refractivity (Wildman–Crippen MR) is 142 cm³/mol. The van der Waals surface area contributed by atoms with E-state index in [2.05, 4.69) is 15.5 Å². The largest absolute Gasteiger partial charge is 0.496 e. The van der Waals surface area contributed by atoms with Crippen molar-refractivity contribution in [2.45, 2.75) is 58.0 Å². The molecule has 1 aliphatic heterocycles. The second-order valence-corrected chi connectivity index (χ2v) is 10.2. The Hall–Kier alpha value is -3.26. The van der Waals surface area contributed by atoms with E-state index in [1.807, 2.05) is 58.3 Å². The van der Waals surface area contributed by atoms with Gasteiger partial charge in [0.1, 0.15) is 23.6 Å². The van der Waals surface area contributed by atoms with E-state index >= 15 is 0 Å². The lowest BCUT2D eigenvalue weighted by molar-refractivity contribution is -0.128. The van der Waals surface area contributed by atoms with Crippen molar-refractivity contribution >= 4 is 23.3 Å². The van der Waals surface area contributed by atoms with Crippen molar-refractivity contribution in [3.63, 3.8) is 0 Å². The number of amides is 3. The molecule has 3 amide bonds. The number of anilines is 2. The van der Waals surface area contributed by atoms with Crippen LogP contribution in [0.15, 0.2) is 30.3 Å². The zero-order valence-corrected chi connectivity index (χ0v) is 22.1. The highest BCUT2D eigenvalue weighted by Crippen LogP contribution is 2.40. The van der Waals surface area contributed by atoms with E-state index < -0.39 is 5.54 Å². The molecule has 2 aromatic rings. The summed E-state index contributed by atoms with van der Waals surface area (Å²) < 4.78 is 11.3. The molecule has 0 aromatic heterocycles. The molecule has 1 heterocycles. The second-order valence-electron chi connectivity index (χ2n) is 10.2. The number of methoxy groups -OCH3 is 1. The van der Waals surface area contributed by atoms with Crippen LogP contribution in [0, 0.1) is 13.8 Å². The molecule has 2 N–H and O–H groups in total. The first-order valence-electron chi connectivity index (χ1n) is 12.7. The van der Waals surface area contributed by atoms with Gasteiger partial charge in [-0.25, -0.2) is 4.79 Å². The Morgan fingerprint density at radius 3 is 2.56 bits per heavy atom. The van der Waals surface area contributed by atoms with Gasteiger partial charge in [0, 0.05) is 24.4 Å². The summed E-state index contributed by atoms with van der Waals surface area (Å²) >= 11 is 0. The predicted octanol–water partition coefficient (Wildman–Crippen LogP) is 4.94. The van der Waals surface area contributed by atoms with Crippen LogP contribution in [-0.4, -0.2) is 61.6 Å². The van der Waals surface area contributed by atoms with Crippen LogP contribution in [0.4, 0.5) is 16.2 Å². The summed E-state index contributed by atoms with van der Waals surface area (Å²) in [5.41, 5.74) is 3.56. The summed E-state index contributed by atoms with van der Waals surface area (Å²) in [7, 11) is 5.62. The molecule has 8 nitrogen and oxygen atoms in total. The summed E-state index contributed by atoms with van der Waals surface area (Å²) in [5, 5.41) is 6.14. The van der Waals surface area contributed by atoms with Gasteiger partial charge >= 0.3 is 6.03 Å². The Morgan fingerprint density at radius 2 is 1.86 bits per heavy atom. The van der Waals surface area contributed by atoms with Crippen molar-refractivity contribution in [1.82, 2.24) is 9.80 Å². The molecule has 8 heteroatoms. The number of likely N-dealkylation sites (N-methyl/N-ethyl adjacent to an activating group) is 1. The minimum atomic E-state index is -0.911. The molecular formula is C28H38N4O4. The molecule has 0 radical (unpaired) electrons. The highest BCUT2D eigenvalue weighted by atomic mass is 16.5. The number of hydrogen-bond acceptors (Lipinski definition) is 5. The molecule has 0 unspecified atom stereocenters. The van der Waals surface area contributed by atoms with Crippen LogP contribution < -0.4 is 20.1 Å². The second kappa shape index (κ2) is 10.8. The van der Waals surface area contributed by atoms with Gasteiger partial charge in [-0.05, 0) is 69.6 Å². The lowest BCUT2D eigenvalue weighted by Gasteiger charge is -2.47. The normalized spacial score (nSPS) is 16.8. The Labute approximate surface area is 213 Å². The highest BCUT2D eigenvalue weighted by Gasteiger charge is 2.48. The number of fused-ring (bicyclic) bond motifs is 1. The number of nitrogens with zero attached hydrogens (tertiary/aromatic N) is 2. The monoisotopic (exact) mass is 494 g/mol. The Kier molecular flexibility index (Phi) is 7.73. The molecule has 1 aliphatic carbocycles. The first-order chi connectivity index (χ1) is 17.2. The van der Waals surface area contributed by atoms with E-state index in [9.17, 15) is 9.59 Å². The number of carbonyl (C=O) groups excluding carboxylic acids is 2. The zero-order valence-electron chi connectivity index (χ0n) is 22.1. The molecular weight excluding hydrogens is 456 g/mol. The Morgan fingerprint density at radius 1 is 1.11 bits per heavy atom. The number of carbonyl (C=O) groups is 2. The van der Waals surface area contributed by atoms with Gasteiger partial charge in [-0.15, -0.1) is 0 Å². The van der Waals surface area contributed by atoms with Crippen molar-refractivity contribution in [1.29, 1.82) is 0 Å².